The van der Waals surface area contributed by atoms with Gasteiger partial charge in [0.25, 0.3) is 0 Å². The molecule has 0 aromatic rings. The molecule has 5 heteroatoms. The number of alkyl halides is 3. The van der Waals surface area contributed by atoms with Crippen LogP contribution in [0.2, 0.25) is 0 Å². The molecule has 2 unspecified atom stereocenters. The van der Waals surface area contributed by atoms with Gasteiger partial charge in [0.15, 0.2) is 0 Å². The van der Waals surface area contributed by atoms with Gasteiger partial charge in [-0.1, -0.05) is 13.3 Å². The van der Waals surface area contributed by atoms with Crippen molar-refractivity contribution >= 4 is 0 Å². The highest BCUT2D eigenvalue weighted by molar-refractivity contribution is 4.78. The predicted molar refractivity (Wildman–Crippen MR) is 62.7 cm³/mol. The van der Waals surface area contributed by atoms with E-state index in [0.29, 0.717) is 18.9 Å². The first kappa shape index (κ1) is 14.8. The van der Waals surface area contributed by atoms with Crippen molar-refractivity contribution in [3.05, 3.63) is 0 Å². The van der Waals surface area contributed by atoms with E-state index in [1.165, 1.54) is 0 Å². The largest absolute Gasteiger partial charge is 0.393 e. The van der Waals surface area contributed by atoms with Crippen LogP contribution < -0.4 is 5.73 Å². The smallest absolute Gasteiger partial charge is 0.330 e. The molecule has 1 fully saturated rings. The van der Waals surface area contributed by atoms with Crippen LogP contribution in [0.5, 0.6) is 0 Å². The van der Waals surface area contributed by atoms with Crippen LogP contribution in [-0.2, 0) is 0 Å². The number of rotatable bonds is 5. The Labute approximate surface area is 101 Å². The molecule has 1 rings (SSSR count). The topological polar surface area (TPSA) is 29.3 Å². The van der Waals surface area contributed by atoms with Crippen molar-refractivity contribution in [1.82, 2.24) is 4.90 Å². The van der Waals surface area contributed by atoms with E-state index in [0.717, 1.165) is 25.9 Å². The number of nitrogens with two attached hydrogens (primary N) is 1. The summed E-state index contributed by atoms with van der Waals surface area (Å²) < 4.78 is 37.8. The Morgan fingerprint density at radius 2 is 2.12 bits per heavy atom. The molecule has 1 aliphatic rings. The van der Waals surface area contributed by atoms with Gasteiger partial charge in [0.2, 0.25) is 0 Å². The van der Waals surface area contributed by atoms with Crippen molar-refractivity contribution < 1.29 is 13.2 Å². The molecule has 0 aliphatic carbocycles. The second-order valence-corrected chi connectivity index (χ2v) is 4.98. The number of nitrogens with zero attached hydrogens (tertiary/aromatic N) is 1. The van der Waals surface area contributed by atoms with Gasteiger partial charge in [-0.25, -0.2) is 0 Å². The van der Waals surface area contributed by atoms with Crippen LogP contribution in [0.15, 0.2) is 0 Å². The van der Waals surface area contributed by atoms with Gasteiger partial charge < -0.3 is 10.6 Å². The summed E-state index contributed by atoms with van der Waals surface area (Å²) in [6, 6.07) is 0. The standard InChI is InChI=1S/C12H23F3N2/c1-2-10(8-16)5-7-17-6-3-4-11(9-17)12(13,14)15/h10-11H,2-9,16H2,1H3. The Kier molecular flexibility index (Phi) is 5.73. The monoisotopic (exact) mass is 252 g/mol. The quantitative estimate of drug-likeness (QED) is 0.815. The molecule has 102 valence electrons. The lowest BCUT2D eigenvalue weighted by molar-refractivity contribution is -0.186. The van der Waals surface area contributed by atoms with Gasteiger partial charge in [0, 0.05) is 6.54 Å². The van der Waals surface area contributed by atoms with E-state index < -0.39 is 12.1 Å². The van der Waals surface area contributed by atoms with Crippen molar-refractivity contribution in [3.63, 3.8) is 0 Å². The maximum Gasteiger partial charge on any atom is 0.393 e. The molecule has 0 radical (unpaired) electrons. The molecule has 0 aromatic carbocycles. The highest BCUT2D eigenvalue weighted by Gasteiger charge is 2.41. The molecule has 1 saturated heterocycles. The Balaban J connectivity index is 2.34. The Hall–Kier alpha value is -0.290. The number of hydrogen-bond acceptors (Lipinski definition) is 2. The Bertz CT molecular complexity index is 214. The first-order valence-electron chi connectivity index (χ1n) is 6.46. The van der Waals surface area contributed by atoms with Gasteiger partial charge in [-0.05, 0) is 44.8 Å². The zero-order valence-corrected chi connectivity index (χ0v) is 10.5. The fourth-order valence-corrected chi connectivity index (χ4v) is 2.38. The fourth-order valence-electron chi connectivity index (χ4n) is 2.38. The molecule has 0 spiro atoms. The van der Waals surface area contributed by atoms with Gasteiger partial charge in [0.1, 0.15) is 0 Å². The van der Waals surface area contributed by atoms with Crippen LogP contribution in [-0.4, -0.2) is 37.3 Å². The van der Waals surface area contributed by atoms with Gasteiger partial charge >= 0.3 is 6.18 Å². The zero-order valence-electron chi connectivity index (χ0n) is 10.5. The van der Waals surface area contributed by atoms with E-state index in [9.17, 15) is 13.2 Å². The molecule has 0 bridgehead atoms. The Morgan fingerprint density at radius 1 is 1.41 bits per heavy atom. The lowest BCUT2D eigenvalue weighted by Crippen LogP contribution is -2.42. The summed E-state index contributed by atoms with van der Waals surface area (Å²) in [4.78, 5) is 1.94. The highest BCUT2D eigenvalue weighted by atomic mass is 19.4. The number of piperidine rings is 1. The molecule has 1 aliphatic heterocycles. The maximum absolute atomic E-state index is 12.6. The minimum absolute atomic E-state index is 0.171. The van der Waals surface area contributed by atoms with Crippen LogP contribution in [0, 0.1) is 11.8 Å². The summed E-state index contributed by atoms with van der Waals surface area (Å²) in [5.74, 6) is -0.685. The minimum Gasteiger partial charge on any atom is -0.330 e. The fraction of sp³-hybridized carbons (Fsp3) is 1.00. The molecule has 0 amide bonds. The van der Waals surface area contributed by atoms with E-state index in [1.54, 1.807) is 0 Å². The van der Waals surface area contributed by atoms with Crippen LogP contribution >= 0.6 is 0 Å². The van der Waals surface area contributed by atoms with E-state index in [4.69, 9.17) is 5.73 Å². The second kappa shape index (κ2) is 6.59. The molecule has 2 atom stereocenters. The molecule has 1 heterocycles. The van der Waals surface area contributed by atoms with E-state index in [2.05, 4.69) is 6.92 Å². The Morgan fingerprint density at radius 3 is 2.65 bits per heavy atom. The normalized spacial score (nSPS) is 24.9. The number of hydrogen-bond donors (Lipinski definition) is 1. The molecule has 0 saturated carbocycles. The predicted octanol–water partition coefficient (Wildman–Crippen LogP) is 2.64. The molecular weight excluding hydrogens is 229 g/mol. The molecular formula is C12H23F3N2. The third-order valence-electron chi connectivity index (χ3n) is 3.73. The SMILES string of the molecule is CCC(CN)CCN1CCCC(C(F)(F)F)C1. The van der Waals surface area contributed by atoms with Crippen molar-refractivity contribution in [2.75, 3.05) is 26.2 Å². The van der Waals surface area contributed by atoms with E-state index in [1.807, 2.05) is 4.90 Å². The van der Waals surface area contributed by atoms with Crippen molar-refractivity contribution in [3.8, 4) is 0 Å². The van der Waals surface area contributed by atoms with Crippen LogP contribution in [0.25, 0.3) is 0 Å². The third kappa shape index (κ3) is 4.84. The molecule has 2 N–H and O–H groups in total. The van der Waals surface area contributed by atoms with Crippen molar-refractivity contribution in [1.29, 1.82) is 0 Å². The first-order valence-corrected chi connectivity index (χ1v) is 6.46. The van der Waals surface area contributed by atoms with Crippen molar-refractivity contribution in [2.45, 2.75) is 38.8 Å². The van der Waals surface area contributed by atoms with Gasteiger partial charge in [-0.15, -0.1) is 0 Å². The van der Waals surface area contributed by atoms with Crippen molar-refractivity contribution in [2.24, 2.45) is 17.6 Å². The summed E-state index contributed by atoms with van der Waals surface area (Å²) in [5.41, 5.74) is 5.60. The lowest BCUT2D eigenvalue weighted by atomic mass is 9.96. The van der Waals surface area contributed by atoms with Gasteiger partial charge in [-0.2, -0.15) is 13.2 Å². The van der Waals surface area contributed by atoms with E-state index in [-0.39, 0.29) is 13.0 Å². The van der Waals surface area contributed by atoms with Crippen LogP contribution in [0.1, 0.15) is 32.6 Å². The highest BCUT2D eigenvalue weighted by Crippen LogP contribution is 2.33. The zero-order chi connectivity index (χ0) is 12.9. The average Bonchev–Trinajstić information content (AvgIpc) is 2.30. The maximum atomic E-state index is 12.6. The second-order valence-electron chi connectivity index (χ2n) is 4.98. The third-order valence-corrected chi connectivity index (χ3v) is 3.73. The minimum atomic E-state index is -4.03. The molecule has 17 heavy (non-hydrogen) atoms. The summed E-state index contributed by atoms with van der Waals surface area (Å²) in [6.45, 7) is 4.43. The molecule has 0 aromatic heterocycles. The summed E-state index contributed by atoms with van der Waals surface area (Å²) in [6.07, 6.45) is -1.17. The average molecular weight is 252 g/mol. The number of likely N-dealkylation sites (tertiary alicyclic amines) is 1. The number of halogens is 3. The molecule has 2 nitrogen and oxygen atoms in total. The van der Waals surface area contributed by atoms with E-state index >= 15 is 0 Å². The van der Waals surface area contributed by atoms with Crippen LogP contribution in [0.4, 0.5) is 13.2 Å². The summed E-state index contributed by atoms with van der Waals surface area (Å²) in [5, 5.41) is 0. The van der Waals surface area contributed by atoms with Gasteiger partial charge in [0.05, 0.1) is 5.92 Å². The van der Waals surface area contributed by atoms with Crippen LogP contribution in [0.3, 0.4) is 0 Å². The summed E-state index contributed by atoms with van der Waals surface area (Å²) >= 11 is 0. The summed E-state index contributed by atoms with van der Waals surface area (Å²) in [7, 11) is 0. The van der Waals surface area contributed by atoms with Gasteiger partial charge in [-0.3, -0.25) is 0 Å². The first-order chi connectivity index (χ1) is 7.97. The lowest BCUT2D eigenvalue weighted by Gasteiger charge is -2.34.